The molecule has 9 nitrogen and oxygen atoms in total. The van der Waals surface area contributed by atoms with Crippen molar-refractivity contribution >= 4 is 23.3 Å². The van der Waals surface area contributed by atoms with E-state index in [0.29, 0.717) is 17.9 Å². The number of ether oxygens (including phenoxy) is 1. The van der Waals surface area contributed by atoms with Gasteiger partial charge in [-0.1, -0.05) is 18.2 Å². The number of nitrogens with zero attached hydrogens (tertiary/aromatic N) is 3. The lowest BCUT2D eigenvalue weighted by Crippen LogP contribution is -2.37. The molecule has 0 saturated carbocycles. The molecule has 0 spiro atoms. The Balaban J connectivity index is 1.23. The zero-order valence-electron chi connectivity index (χ0n) is 16.4. The number of carbonyl (C=O) groups excluding carboxylic acids is 2. The van der Waals surface area contributed by atoms with Crippen molar-refractivity contribution in [2.45, 2.75) is 25.5 Å². The average Bonchev–Trinajstić information content (AvgIpc) is 3.43. The normalized spacial score (nSPS) is 15.6. The van der Waals surface area contributed by atoms with E-state index in [4.69, 9.17) is 4.74 Å². The van der Waals surface area contributed by atoms with Gasteiger partial charge in [-0.25, -0.2) is 14.5 Å². The van der Waals surface area contributed by atoms with E-state index in [9.17, 15) is 9.59 Å². The predicted molar refractivity (Wildman–Crippen MR) is 111 cm³/mol. The van der Waals surface area contributed by atoms with Gasteiger partial charge in [0.05, 0.1) is 6.54 Å². The fraction of sp³-hybridized carbons (Fsp3) is 0.238. The van der Waals surface area contributed by atoms with Crippen LogP contribution in [0.2, 0.25) is 0 Å². The zero-order chi connectivity index (χ0) is 20.9. The highest BCUT2D eigenvalue weighted by molar-refractivity contribution is 5.94. The quantitative estimate of drug-likeness (QED) is 0.583. The van der Waals surface area contributed by atoms with Crippen LogP contribution >= 0.6 is 0 Å². The monoisotopic (exact) mass is 406 g/mol. The highest BCUT2D eigenvalue weighted by atomic mass is 16.5. The van der Waals surface area contributed by atoms with Crippen molar-refractivity contribution in [3.8, 4) is 5.75 Å². The Labute approximate surface area is 173 Å². The van der Waals surface area contributed by atoms with E-state index in [1.165, 1.54) is 17.3 Å². The van der Waals surface area contributed by atoms with Gasteiger partial charge in [-0.15, -0.1) is 0 Å². The Morgan fingerprint density at radius 2 is 1.87 bits per heavy atom. The van der Waals surface area contributed by atoms with Gasteiger partial charge in [0.15, 0.2) is 0 Å². The second-order valence-electron chi connectivity index (χ2n) is 7.00. The molecule has 0 bridgehead atoms. The molecule has 154 valence electrons. The third-order valence-electron chi connectivity index (χ3n) is 4.83. The van der Waals surface area contributed by atoms with Gasteiger partial charge in [-0.05, 0) is 42.8 Å². The lowest BCUT2D eigenvalue weighted by molar-refractivity contribution is -0.119. The first-order valence-corrected chi connectivity index (χ1v) is 9.63. The second kappa shape index (κ2) is 8.64. The highest BCUT2D eigenvalue weighted by Gasteiger charge is 2.22. The Morgan fingerprint density at radius 3 is 2.57 bits per heavy atom. The fourth-order valence-electron chi connectivity index (χ4n) is 3.17. The van der Waals surface area contributed by atoms with Gasteiger partial charge >= 0.3 is 6.03 Å². The number of benzene rings is 2. The summed E-state index contributed by atoms with van der Waals surface area (Å²) in [5, 5.41) is 12.4. The molecule has 0 unspecified atom stereocenters. The first-order valence-electron chi connectivity index (χ1n) is 9.63. The van der Waals surface area contributed by atoms with Crippen molar-refractivity contribution in [3.05, 3.63) is 66.7 Å². The number of hydrogen-bond donors (Lipinski definition) is 3. The molecule has 1 aliphatic heterocycles. The molecule has 0 fully saturated rings. The fourth-order valence-corrected chi connectivity index (χ4v) is 3.17. The molecule has 3 amide bonds. The summed E-state index contributed by atoms with van der Waals surface area (Å²) in [6.07, 6.45) is 3.58. The molecule has 2 atom stereocenters. The number of para-hydroxylation sites is 1. The van der Waals surface area contributed by atoms with Crippen molar-refractivity contribution in [2.24, 2.45) is 0 Å². The maximum atomic E-state index is 12.3. The first kappa shape index (κ1) is 19.4. The number of fused-ring (bicyclic) bond motifs is 1. The summed E-state index contributed by atoms with van der Waals surface area (Å²) in [7, 11) is 0. The molecule has 30 heavy (non-hydrogen) atoms. The maximum Gasteiger partial charge on any atom is 0.319 e. The van der Waals surface area contributed by atoms with Crippen LogP contribution in [-0.4, -0.2) is 39.4 Å². The molecular weight excluding hydrogens is 384 g/mol. The summed E-state index contributed by atoms with van der Waals surface area (Å²) in [5.74, 6) is 0.664. The molecule has 0 radical (unpaired) electrons. The van der Waals surface area contributed by atoms with Crippen molar-refractivity contribution in [2.75, 3.05) is 17.2 Å². The van der Waals surface area contributed by atoms with Crippen LogP contribution in [0.3, 0.4) is 0 Å². The topological polar surface area (TPSA) is 110 Å². The Hall–Kier alpha value is -3.88. The van der Waals surface area contributed by atoms with Gasteiger partial charge in [-0.3, -0.25) is 4.79 Å². The average molecular weight is 406 g/mol. The molecule has 3 N–H and O–H groups in total. The summed E-state index contributed by atoms with van der Waals surface area (Å²) in [5.41, 5.74) is 2.39. The van der Waals surface area contributed by atoms with E-state index in [1.807, 2.05) is 24.3 Å². The second-order valence-corrected chi connectivity index (χ2v) is 7.00. The van der Waals surface area contributed by atoms with Gasteiger partial charge in [0.2, 0.25) is 5.91 Å². The van der Waals surface area contributed by atoms with Gasteiger partial charge in [-0.2, -0.15) is 5.10 Å². The minimum Gasteiger partial charge on any atom is -0.488 e. The SMILES string of the molecule is C[C@@H](C(=O)Nc1ccc(NC(=O)NC[C@@H]2Cc3ccccc3O2)cc1)n1cncn1. The van der Waals surface area contributed by atoms with Crippen molar-refractivity contribution in [1.82, 2.24) is 20.1 Å². The Kier molecular flexibility index (Phi) is 5.60. The largest absolute Gasteiger partial charge is 0.488 e. The van der Waals surface area contributed by atoms with E-state index in [2.05, 4.69) is 26.0 Å². The molecule has 3 aromatic rings. The van der Waals surface area contributed by atoms with Crippen molar-refractivity contribution in [1.29, 1.82) is 0 Å². The van der Waals surface area contributed by atoms with Crippen LogP contribution in [-0.2, 0) is 11.2 Å². The molecule has 0 saturated heterocycles. The molecule has 0 aliphatic carbocycles. The van der Waals surface area contributed by atoms with Crippen LogP contribution in [0.5, 0.6) is 5.75 Å². The van der Waals surface area contributed by atoms with Crippen molar-refractivity contribution in [3.63, 3.8) is 0 Å². The standard InChI is InChI=1S/C21H22N6O3/c1-14(27-13-22-12-24-27)20(28)25-16-6-8-17(9-7-16)26-21(29)23-11-18-10-15-4-2-3-5-19(15)30-18/h2-9,12-14,18H,10-11H2,1H3,(H,25,28)(H2,23,26,29)/t14-,18-/m0/s1. The van der Waals surface area contributed by atoms with E-state index in [1.54, 1.807) is 31.2 Å². The summed E-state index contributed by atoms with van der Waals surface area (Å²) < 4.78 is 7.29. The molecular formula is C21H22N6O3. The number of rotatable bonds is 6. The third kappa shape index (κ3) is 4.57. The van der Waals surface area contributed by atoms with E-state index in [0.717, 1.165) is 17.7 Å². The van der Waals surface area contributed by atoms with E-state index < -0.39 is 6.04 Å². The summed E-state index contributed by atoms with van der Waals surface area (Å²) in [6.45, 7) is 2.14. The van der Waals surface area contributed by atoms with Crippen LogP contribution in [0.4, 0.5) is 16.2 Å². The number of urea groups is 1. The molecule has 4 rings (SSSR count). The lowest BCUT2D eigenvalue weighted by atomic mass is 10.1. The molecule has 2 aromatic carbocycles. The zero-order valence-corrected chi connectivity index (χ0v) is 16.4. The Bertz CT molecular complexity index is 994. The number of anilines is 2. The molecule has 9 heteroatoms. The lowest BCUT2D eigenvalue weighted by Gasteiger charge is -2.14. The van der Waals surface area contributed by atoms with Crippen LogP contribution in [0, 0.1) is 0 Å². The molecule has 1 aromatic heterocycles. The smallest absolute Gasteiger partial charge is 0.319 e. The number of carbonyl (C=O) groups is 2. The number of amides is 3. The predicted octanol–water partition coefficient (Wildman–Crippen LogP) is 2.60. The van der Waals surface area contributed by atoms with Crippen LogP contribution in [0.15, 0.2) is 61.2 Å². The minimum atomic E-state index is -0.486. The number of aromatic nitrogens is 3. The minimum absolute atomic E-state index is 0.0716. The molecule has 2 heterocycles. The van der Waals surface area contributed by atoms with Gasteiger partial charge in [0.1, 0.15) is 30.5 Å². The van der Waals surface area contributed by atoms with Crippen LogP contribution in [0.1, 0.15) is 18.5 Å². The maximum absolute atomic E-state index is 12.3. The van der Waals surface area contributed by atoms with Crippen LogP contribution in [0.25, 0.3) is 0 Å². The number of hydrogen-bond acceptors (Lipinski definition) is 5. The number of nitrogens with one attached hydrogen (secondary N) is 3. The van der Waals surface area contributed by atoms with Crippen molar-refractivity contribution < 1.29 is 14.3 Å². The van der Waals surface area contributed by atoms with Gasteiger partial charge in [0, 0.05) is 17.8 Å². The highest BCUT2D eigenvalue weighted by Crippen LogP contribution is 2.27. The first-order chi connectivity index (χ1) is 14.6. The summed E-state index contributed by atoms with van der Waals surface area (Å²) in [4.78, 5) is 28.3. The Morgan fingerprint density at radius 1 is 1.13 bits per heavy atom. The van der Waals surface area contributed by atoms with Gasteiger partial charge in [0.25, 0.3) is 0 Å². The summed E-state index contributed by atoms with van der Waals surface area (Å²) >= 11 is 0. The molecule has 1 aliphatic rings. The van der Waals surface area contributed by atoms with Crippen LogP contribution < -0.4 is 20.7 Å². The van der Waals surface area contributed by atoms with E-state index in [-0.39, 0.29) is 18.0 Å². The van der Waals surface area contributed by atoms with Gasteiger partial charge < -0.3 is 20.7 Å². The third-order valence-corrected chi connectivity index (χ3v) is 4.83. The summed E-state index contributed by atoms with van der Waals surface area (Å²) in [6, 6.07) is 14.0. The van der Waals surface area contributed by atoms with E-state index >= 15 is 0 Å².